The van der Waals surface area contributed by atoms with Crippen molar-refractivity contribution in [2.45, 2.75) is 33.5 Å². The van der Waals surface area contributed by atoms with Crippen molar-refractivity contribution in [2.24, 2.45) is 0 Å². The molecule has 0 aliphatic carbocycles. The first-order chi connectivity index (χ1) is 8.97. The van der Waals surface area contributed by atoms with Crippen LogP contribution >= 0.6 is 11.3 Å². The van der Waals surface area contributed by atoms with Crippen molar-refractivity contribution < 1.29 is 14.2 Å². The Balaban J connectivity index is 2.07. The Morgan fingerprint density at radius 1 is 1.42 bits per heavy atom. The summed E-state index contributed by atoms with van der Waals surface area (Å²) in [5.74, 6) is -0.293. The van der Waals surface area contributed by atoms with Crippen LogP contribution in [0.4, 0.5) is 4.39 Å². The van der Waals surface area contributed by atoms with Crippen LogP contribution in [0, 0.1) is 19.7 Å². The zero-order chi connectivity index (χ0) is 14.0. The maximum atomic E-state index is 13.7. The van der Waals surface area contributed by atoms with E-state index in [1.165, 1.54) is 12.1 Å². The highest BCUT2D eigenvalue weighted by Crippen LogP contribution is 2.24. The average molecular weight is 281 g/mol. The van der Waals surface area contributed by atoms with Gasteiger partial charge in [0.05, 0.1) is 11.8 Å². The number of thiazole rings is 1. The van der Waals surface area contributed by atoms with E-state index in [1.54, 1.807) is 24.3 Å². The molecule has 1 N–H and O–H groups in total. The molecule has 0 saturated carbocycles. The van der Waals surface area contributed by atoms with Gasteiger partial charge in [0.15, 0.2) is 11.6 Å². The zero-order valence-corrected chi connectivity index (χ0v) is 11.9. The summed E-state index contributed by atoms with van der Waals surface area (Å²) >= 11 is 1.55. The fourth-order valence-corrected chi connectivity index (χ4v) is 2.48. The first kappa shape index (κ1) is 14.0. The third-order valence-electron chi connectivity index (χ3n) is 2.86. The number of aliphatic hydroxyl groups excluding tert-OH is 1. The smallest absolute Gasteiger partial charge is 0.165 e. The Labute approximate surface area is 115 Å². The van der Waals surface area contributed by atoms with Crippen LogP contribution in [0.25, 0.3) is 0 Å². The van der Waals surface area contributed by atoms with Gasteiger partial charge in [-0.05, 0) is 38.5 Å². The molecular weight excluding hydrogens is 265 g/mol. The molecule has 1 aromatic heterocycles. The van der Waals surface area contributed by atoms with Crippen LogP contribution in [0.1, 0.15) is 34.2 Å². The van der Waals surface area contributed by atoms with Crippen molar-refractivity contribution in [1.82, 2.24) is 4.98 Å². The Morgan fingerprint density at radius 3 is 2.68 bits per heavy atom. The topological polar surface area (TPSA) is 42.4 Å². The number of hydrogen-bond donors (Lipinski definition) is 1. The largest absolute Gasteiger partial charge is 0.483 e. The molecule has 1 atom stereocenters. The number of halogens is 1. The maximum Gasteiger partial charge on any atom is 0.165 e. The van der Waals surface area contributed by atoms with Crippen LogP contribution < -0.4 is 4.74 Å². The van der Waals surface area contributed by atoms with Gasteiger partial charge in [-0.25, -0.2) is 9.37 Å². The third-order valence-corrected chi connectivity index (χ3v) is 3.91. The summed E-state index contributed by atoms with van der Waals surface area (Å²) in [5, 5.41) is 10.2. The Hall–Kier alpha value is -1.46. The lowest BCUT2D eigenvalue weighted by molar-refractivity contribution is 0.198. The summed E-state index contributed by atoms with van der Waals surface area (Å²) in [5.41, 5.74) is 1.51. The van der Waals surface area contributed by atoms with E-state index in [9.17, 15) is 9.50 Å². The number of benzene rings is 1. The average Bonchev–Trinajstić information content (AvgIpc) is 2.67. The predicted molar refractivity (Wildman–Crippen MR) is 73.0 cm³/mol. The quantitative estimate of drug-likeness (QED) is 0.932. The molecule has 102 valence electrons. The first-order valence-corrected chi connectivity index (χ1v) is 6.82. The summed E-state index contributed by atoms with van der Waals surface area (Å²) in [6.07, 6.45) is -0.687. The molecule has 19 heavy (non-hydrogen) atoms. The fraction of sp³-hybridized carbons (Fsp3) is 0.357. The number of nitrogens with zero attached hydrogens (tertiary/aromatic N) is 1. The second-order valence-electron chi connectivity index (χ2n) is 4.40. The van der Waals surface area contributed by atoms with Gasteiger partial charge < -0.3 is 9.84 Å². The van der Waals surface area contributed by atoms with E-state index in [-0.39, 0.29) is 12.4 Å². The van der Waals surface area contributed by atoms with Crippen LogP contribution in [-0.4, -0.2) is 10.1 Å². The van der Waals surface area contributed by atoms with Crippen LogP contribution in [0.2, 0.25) is 0 Å². The number of aryl methyl sites for hydroxylation is 2. The van der Waals surface area contributed by atoms with Crippen molar-refractivity contribution in [3.63, 3.8) is 0 Å². The standard InChI is InChI=1S/C14H16FNO2S/c1-8-10(3)19-14(16-8)7-18-13-5-4-11(9(2)17)6-12(13)15/h4-6,9,17H,7H2,1-3H3/t9-/m1/s1. The fourth-order valence-electron chi connectivity index (χ4n) is 1.63. The number of rotatable bonds is 4. The zero-order valence-electron chi connectivity index (χ0n) is 11.1. The van der Waals surface area contributed by atoms with Crippen molar-refractivity contribution in [1.29, 1.82) is 0 Å². The first-order valence-electron chi connectivity index (χ1n) is 6.00. The minimum atomic E-state index is -0.687. The molecule has 0 radical (unpaired) electrons. The molecule has 1 aromatic carbocycles. The van der Waals surface area contributed by atoms with Crippen LogP contribution in [-0.2, 0) is 6.61 Å². The molecule has 0 aliphatic rings. The Kier molecular flexibility index (Phi) is 4.17. The van der Waals surface area contributed by atoms with Crippen molar-refractivity contribution in [2.75, 3.05) is 0 Å². The van der Waals surface area contributed by atoms with Gasteiger partial charge in [0, 0.05) is 4.88 Å². The molecule has 0 amide bonds. The second kappa shape index (κ2) is 5.67. The summed E-state index contributed by atoms with van der Waals surface area (Å²) in [6.45, 7) is 5.78. The molecule has 0 fully saturated rings. The van der Waals surface area contributed by atoms with Crippen LogP contribution in [0.3, 0.4) is 0 Å². The van der Waals surface area contributed by atoms with Gasteiger partial charge in [-0.15, -0.1) is 11.3 Å². The number of ether oxygens (including phenoxy) is 1. The summed E-state index contributed by atoms with van der Waals surface area (Å²) in [4.78, 5) is 5.47. The third kappa shape index (κ3) is 3.30. The predicted octanol–water partition coefficient (Wildman–Crippen LogP) is 3.53. The lowest BCUT2D eigenvalue weighted by Crippen LogP contribution is -1.99. The van der Waals surface area contributed by atoms with Gasteiger partial charge in [-0.1, -0.05) is 6.07 Å². The molecule has 0 unspecified atom stereocenters. The number of aromatic nitrogens is 1. The van der Waals surface area contributed by atoms with E-state index in [0.717, 1.165) is 15.6 Å². The van der Waals surface area contributed by atoms with Gasteiger partial charge in [0.2, 0.25) is 0 Å². The summed E-state index contributed by atoms with van der Waals surface area (Å²) in [6, 6.07) is 4.48. The van der Waals surface area contributed by atoms with Gasteiger partial charge in [-0.2, -0.15) is 0 Å². The highest BCUT2D eigenvalue weighted by atomic mass is 32.1. The number of aliphatic hydroxyl groups is 1. The molecule has 1 heterocycles. The van der Waals surface area contributed by atoms with Crippen LogP contribution in [0.15, 0.2) is 18.2 Å². The van der Waals surface area contributed by atoms with Gasteiger partial charge >= 0.3 is 0 Å². The Bertz CT molecular complexity index is 561. The van der Waals surface area contributed by atoms with E-state index in [1.807, 2.05) is 13.8 Å². The van der Waals surface area contributed by atoms with E-state index in [0.29, 0.717) is 5.56 Å². The molecular formula is C14H16FNO2S. The minimum absolute atomic E-state index is 0.176. The normalized spacial score (nSPS) is 12.5. The summed E-state index contributed by atoms with van der Waals surface area (Å²) < 4.78 is 19.2. The maximum absolute atomic E-state index is 13.7. The van der Waals surface area contributed by atoms with E-state index < -0.39 is 11.9 Å². The molecule has 0 saturated heterocycles. The van der Waals surface area contributed by atoms with E-state index in [4.69, 9.17) is 4.74 Å². The monoisotopic (exact) mass is 281 g/mol. The molecule has 0 bridgehead atoms. The molecule has 0 aliphatic heterocycles. The lowest BCUT2D eigenvalue weighted by Gasteiger charge is -2.09. The Morgan fingerprint density at radius 2 is 2.16 bits per heavy atom. The summed E-state index contributed by atoms with van der Waals surface area (Å²) in [7, 11) is 0. The van der Waals surface area contributed by atoms with E-state index >= 15 is 0 Å². The van der Waals surface area contributed by atoms with Gasteiger partial charge in [0.1, 0.15) is 11.6 Å². The number of hydrogen-bond acceptors (Lipinski definition) is 4. The van der Waals surface area contributed by atoms with Crippen molar-refractivity contribution >= 4 is 11.3 Å². The van der Waals surface area contributed by atoms with Crippen molar-refractivity contribution in [3.05, 3.63) is 45.2 Å². The van der Waals surface area contributed by atoms with Gasteiger partial charge in [-0.3, -0.25) is 0 Å². The molecule has 2 aromatic rings. The van der Waals surface area contributed by atoms with Crippen molar-refractivity contribution in [3.8, 4) is 5.75 Å². The van der Waals surface area contributed by atoms with Crippen LogP contribution in [0.5, 0.6) is 5.75 Å². The molecule has 2 rings (SSSR count). The molecule has 0 spiro atoms. The molecule has 3 nitrogen and oxygen atoms in total. The highest BCUT2D eigenvalue weighted by Gasteiger charge is 2.10. The SMILES string of the molecule is Cc1nc(COc2ccc([C@@H](C)O)cc2F)sc1C. The van der Waals surface area contributed by atoms with E-state index in [2.05, 4.69) is 4.98 Å². The minimum Gasteiger partial charge on any atom is -0.483 e. The molecule has 5 heteroatoms. The highest BCUT2D eigenvalue weighted by molar-refractivity contribution is 7.11. The van der Waals surface area contributed by atoms with Gasteiger partial charge in [0.25, 0.3) is 0 Å². The lowest BCUT2D eigenvalue weighted by atomic mass is 10.1. The second-order valence-corrected chi connectivity index (χ2v) is 5.69.